The standard InChI is InChI=1S/C20H15F2NO5S/c1-27-11-3-4-12(16(9-11)28-2)10-7-14(21)17(15(22)8-10)23-19(24)13-5-6-29-18(13)20(25)26/h3-9H,1-2H3,(H,23,24)(H,25,26). The Hall–Kier alpha value is -3.46. The van der Waals surface area contributed by atoms with Crippen LogP contribution in [-0.4, -0.2) is 31.2 Å². The third-order valence-corrected chi connectivity index (χ3v) is 5.01. The normalized spacial score (nSPS) is 10.5. The van der Waals surface area contributed by atoms with Crippen molar-refractivity contribution in [3.8, 4) is 22.6 Å². The summed E-state index contributed by atoms with van der Waals surface area (Å²) < 4.78 is 39.6. The zero-order valence-corrected chi connectivity index (χ0v) is 16.1. The minimum atomic E-state index is -1.30. The molecule has 0 unspecified atom stereocenters. The number of rotatable bonds is 6. The fourth-order valence-corrected chi connectivity index (χ4v) is 3.45. The minimum Gasteiger partial charge on any atom is -0.497 e. The van der Waals surface area contributed by atoms with E-state index in [0.29, 0.717) is 17.1 Å². The molecular weight excluding hydrogens is 404 g/mol. The number of benzene rings is 2. The number of amides is 1. The van der Waals surface area contributed by atoms with Gasteiger partial charge >= 0.3 is 5.97 Å². The maximum absolute atomic E-state index is 14.6. The Morgan fingerprint density at radius 2 is 1.72 bits per heavy atom. The maximum atomic E-state index is 14.6. The quantitative estimate of drug-likeness (QED) is 0.607. The van der Waals surface area contributed by atoms with Crippen LogP contribution in [0.15, 0.2) is 41.8 Å². The second kappa shape index (κ2) is 8.27. The highest BCUT2D eigenvalue weighted by Crippen LogP contribution is 2.36. The molecule has 0 atom stereocenters. The van der Waals surface area contributed by atoms with Crippen LogP contribution in [0.2, 0.25) is 0 Å². The summed E-state index contributed by atoms with van der Waals surface area (Å²) >= 11 is 0.840. The van der Waals surface area contributed by atoms with Gasteiger partial charge in [-0.3, -0.25) is 4.79 Å². The van der Waals surface area contributed by atoms with Crippen molar-refractivity contribution < 1.29 is 33.0 Å². The van der Waals surface area contributed by atoms with E-state index < -0.39 is 29.2 Å². The molecule has 6 nitrogen and oxygen atoms in total. The highest BCUT2D eigenvalue weighted by molar-refractivity contribution is 7.12. The molecule has 0 fully saturated rings. The van der Waals surface area contributed by atoms with Crippen molar-refractivity contribution in [1.82, 2.24) is 0 Å². The van der Waals surface area contributed by atoms with Gasteiger partial charge in [-0.05, 0) is 41.3 Å². The highest BCUT2D eigenvalue weighted by atomic mass is 32.1. The largest absolute Gasteiger partial charge is 0.497 e. The third-order valence-electron chi connectivity index (χ3n) is 4.10. The number of methoxy groups -OCH3 is 2. The Kier molecular flexibility index (Phi) is 5.79. The first-order valence-corrected chi connectivity index (χ1v) is 9.07. The van der Waals surface area contributed by atoms with Gasteiger partial charge in [-0.25, -0.2) is 13.6 Å². The SMILES string of the molecule is COc1ccc(-c2cc(F)c(NC(=O)c3ccsc3C(=O)O)c(F)c2)c(OC)c1. The van der Waals surface area contributed by atoms with Gasteiger partial charge in [0.05, 0.1) is 19.8 Å². The first kappa shape index (κ1) is 20.3. The van der Waals surface area contributed by atoms with E-state index in [1.165, 1.54) is 25.7 Å². The number of carbonyl (C=O) groups excluding carboxylic acids is 1. The lowest BCUT2D eigenvalue weighted by atomic mass is 10.0. The molecule has 29 heavy (non-hydrogen) atoms. The monoisotopic (exact) mass is 419 g/mol. The van der Waals surface area contributed by atoms with Crippen LogP contribution in [0, 0.1) is 11.6 Å². The fourth-order valence-electron chi connectivity index (χ4n) is 2.72. The molecule has 0 aliphatic heterocycles. The number of halogens is 2. The van der Waals surface area contributed by atoms with E-state index in [1.807, 2.05) is 0 Å². The maximum Gasteiger partial charge on any atom is 0.346 e. The van der Waals surface area contributed by atoms with E-state index in [9.17, 15) is 18.4 Å². The minimum absolute atomic E-state index is 0.179. The molecule has 1 heterocycles. The number of carbonyl (C=O) groups is 2. The molecule has 150 valence electrons. The molecule has 0 saturated carbocycles. The lowest BCUT2D eigenvalue weighted by molar-refractivity contribution is 0.0698. The summed E-state index contributed by atoms with van der Waals surface area (Å²) in [6, 6.07) is 8.16. The van der Waals surface area contributed by atoms with Crippen LogP contribution >= 0.6 is 11.3 Å². The van der Waals surface area contributed by atoms with Gasteiger partial charge in [0.2, 0.25) is 0 Å². The summed E-state index contributed by atoms with van der Waals surface area (Å²) in [6.45, 7) is 0. The van der Waals surface area contributed by atoms with Crippen molar-refractivity contribution >= 4 is 28.9 Å². The molecule has 1 aromatic heterocycles. The number of hydrogen-bond donors (Lipinski definition) is 2. The van der Waals surface area contributed by atoms with E-state index in [4.69, 9.17) is 14.6 Å². The van der Waals surface area contributed by atoms with Gasteiger partial charge in [0.15, 0.2) is 0 Å². The second-order valence-corrected chi connectivity index (χ2v) is 6.72. The number of carboxylic acids is 1. The molecule has 2 aromatic carbocycles. The number of thiophene rings is 1. The Morgan fingerprint density at radius 3 is 2.31 bits per heavy atom. The Morgan fingerprint density at radius 1 is 1.03 bits per heavy atom. The molecule has 0 radical (unpaired) electrons. The summed E-state index contributed by atoms with van der Waals surface area (Å²) in [7, 11) is 2.90. The van der Waals surface area contributed by atoms with Crippen molar-refractivity contribution in [3.63, 3.8) is 0 Å². The van der Waals surface area contributed by atoms with Crippen molar-refractivity contribution in [2.24, 2.45) is 0 Å². The van der Waals surface area contributed by atoms with Crippen LogP contribution in [0.1, 0.15) is 20.0 Å². The van der Waals surface area contributed by atoms with Gasteiger partial charge in [0, 0.05) is 11.6 Å². The van der Waals surface area contributed by atoms with Gasteiger partial charge in [0.25, 0.3) is 5.91 Å². The van der Waals surface area contributed by atoms with E-state index in [0.717, 1.165) is 23.5 Å². The number of nitrogens with one attached hydrogen (secondary N) is 1. The van der Waals surface area contributed by atoms with Crippen molar-refractivity contribution in [2.75, 3.05) is 19.5 Å². The molecule has 0 spiro atoms. The topological polar surface area (TPSA) is 84.9 Å². The summed E-state index contributed by atoms with van der Waals surface area (Å²) in [6.07, 6.45) is 0. The molecule has 0 aliphatic rings. The zero-order chi connectivity index (χ0) is 21.1. The molecule has 0 aliphatic carbocycles. The van der Waals surface area contributed by atoms with E-state index in [2.05, 4.69) is 5.32 Å². The lowest BCUT2D eigenvalue weighted by Crippen LogP contribution is -2.16. The molecular formula is C20H15F2NO5S. The van der Waals surface area contributed by atoms with Crippen molar-refractivity contribution in [3.05, 3.63) is 63.9 Å². The zero-order valence-electron chi connectivity index (χ0n) is 15.3. The summed E-state index contributed by atoms with van der Waals surface area (Å²) in [5.41, 5.74) is -0.231. The van der Waals surface area contributed by atoms with Crippen molar-refractivity contribution in [1.29, 1.82) is 0 Å². The number of hydrogen-bond acceptors (Lipinski definition) is 5. The van der Waals surface area contributed by atoms with Crippen LogP contribution in [-0.2, 0) is 0 Å². The van der Waals surface area contributed by atoms with E-state index >= 15 is 0 Å². The number of ether oxygens (including phenoxy) is 2. The Bertz CT molecular complexity index is 1070. The summed E-state index contributed by atoms with van der Waals surface area (Å²) in [4.78, 5) is 23.2. The first-order valence-electron chi connectivity index (χ1n) is 8.19. The summed E-state index contributed by atoms with van der Waals surface area (Å²) in [5, 5.41) is 12.6. The number of anilines is 1. The Labute approximate surface area is 168 Å². The van der Waals surface area contributed by atoms with Gasteiger partial charge in [-0.1, -0.05) is 0 Å². The average molecular weight is 419 g/mol. The predicted molar refractivity (Wildman–Crippen MR) is 104 cm³/mol. The first-order chi connectivity index (χ1) is 13.8. The van der Waals surface area contributed by atoms with Crippen LogP contribution in [0.4, 0.5) is 14.5 Å². The molecule has 3 rings (SSSR count). The second-order valence-electron chi connectivity index (χ2n) is 5.80. The lowest BCUT2D eigenvalue weighted by Gasteiger charge is -2.13. The highest BCUT2D eigenvalue weighted by Gasteiger charge is 2.22. The molecule has 1 amide bonds. The molecule has 9 heteroatoms. The third kappa shape index (κ3) is 4.04. The van der Waals surface area contributed by atoms with Crippen LogP contribution in [0.3, 0.4) is 0 Å². The van der Waals surface area contributed by atoms with Crippen molar-refractivity contribution in [2.45, 2.75) is 0 Å². The Balaban J connectivity index is 1.95. The summed E-state index contributed by atoms with van der Waals surface area (Å²) in [5.74, 6) is -3.38. The van der Waals surface area contributed by atoms with Gasteiger partial charge in [-0.2, -0.15) is 0 Å². The molecule has 2 N–H and O–H groups in total. The molecule has 0 bridgehead atoms. The molecule has 0 saturated heterocycles. The van der Waals surface area contributed by atoms with Crippen LogP contribution < -0.4 is 14.8 Å². The van der Waals surface area contributed by atoms with E-state index in [-0.39, 0.29) is 16.0 Å². The van der Waals surface area contributed by atoms with Gasteiger partial charge in [0.1, 0.15) is 33.7 Å². The smallest absolute Gasteiger partial charge is 0.346 e. The van der Waals surface area contributed by atoms with Crippen LogP contribution in [0.5, 0.6) is 11.5 Å². The number of carboxylic acid groups (broad SMARTS) is 1. The predicted octanol–water partition coefficient (Wildman–Crippen LogP) is 4.66. The number of aromatic carboxylic acids is 1. The van der Waals surface area contributed by atoms with Gasteiger partial charge in [-0.15, -0.1) is 11.3 Å². The van der Waals surface area contributed by atoms with Gasteiger partial charge < -0.3 is 19.9 Å². The fraction of sp³-hybridized carbons (Fsp3) is 0.100. The van der Waals surface area contributed by atoms with Crippen LogP contribution in [0.25, 0.3) is 11.1 Å². The van der Waals surface area contributed by atoms with E-state index in [1.54, 1.807) is 18.2 Å². The molecule has 3 aromatic rings. The average Bonchev–Trinajstić information content (AvgIpc) is 3.20.